The second kappa shape index (κ2) is 5.06. The Morgan fingerprint density at radius 3 is 2.44 bits per heavy atom. The zero-order chi connectivity index (χ0) is 13.2. The molecule has 5 heteroatoms. The first-order valence-electron chi connectivity index (χ1n) is 5.63. The van der Waals surface area contributed by atoms with Crippen molar-refractivity contribution in [1.82, 2.24) is 9.62 Å². The lowest BCUT2D eigenvalue weighted by Crippen LogP contribution is -2.33. The molecule has 0 spiro atoms. The van der Waals surface area contributed by atoms with E-state index < -0.39 is 10.0 Å². The van der Waals surface area contributed by atoms with E-state index in [-0.39, 0.29) is 6.67 Å². The van der Waals surface area contributed by atoms with Gasteiger partial charge in [0.25, 0.3) is 0 Å². The highest BCUT2D eigenvalue weighted by Crippen LogP contribution is 2.22. The van der Waals surface area contributed by atoms with Crippen LogP contribution in [0.15, 0.2) is 47.4 Å². The molecule has 0 fully saturated rings. The molecule has 18 heavy (non-hydrogen) atoms. The molecule has 2 rings (SSSR count). The molecule has 0 radical (unpaired) electrons. The SMILES string of the molecule is CN(C)CNS(=O)(=O)c1cccc2ccccc12. The molecule has 4 nitrogen and oxygen atoms in total. The third-order valence-corrected chi connectivity index (χ3v) is 4.05. The molecule has 0 saturated heterocycles. The van der Waals surface area contributed by atoms with Crippen molar-refractivity contribution < 1.29 is 8.42 Å². The van der Waals surface area contributed by atoms with Crippen molar-refractivity contribution in [3.8, 4) is 0 Å². The van der Waals surface area contributed by atoms with Crippen molar-refractivity contribution in [2.45, 2.75) is 4.90 Å². The van der Waals surface area contributed by atoms with Crippen LogP contribution in [-0.2, 0) is 10.0 Å². The molecule has 0 aliphatic carbocycles. The van der Waals surface area contributed by atoms with Crippen molar-refractivity contribution >= 4 is 20.8 Å². The predicted octanol–water partition coefficient (Wildman–Crippen LogP) is 1.64. The molecule has 2 aromatic rings. The van der Waals surface area contributed by atoms with Gasteiger partial charge in [-0.25, -0.2) is 8.42 Å². The fourth-order valence-electron chi connectivity index (χ4n) is 1.72. The first-order chi connectivity index (χ1) is 8.50. The average Bonchev–Trinajstić information content (AvgIpc) is 2.36. The van der Waals surface area contributed by atoms with Gasteiger partial charge < -0.3 is 0 Å². The summed E-state index contributed by atoms with van der Waals surface area (Å²) in [6, 6.07) is 12.7. The molecule has 2 aromatic carbocycles. The maximum Gasteiger partial charge on any atom is 0.242 e. The fraction of sp³-hybridized carbons (Fsp3) is 0.231. The van der Waals surface area contributed by atoms with Crippen molar-refractivity contribution in [2.24, 2.45) is 0 Å². The minimum absolute atomic E-state index is 0.283. The maximum absolute atomic E-state index is 12.2. The molecule has 0 bridgehead atoms. The van der Waals surface area contributed by atoms with E-state index in [0.29, 0.717) is 4.90 Å². The lowest BCUT2D eigenvalue weighted by atomic mass is 10.1. The Kier molecular flexibility index (Phi) is 3.65. The summed E-state index contributed by atoms with van der Waals surface area (Å²) in [6.45, 7) is 0.283. The van der Waals surface area contributed by atoms with Crippen LogP contribution in [0, 0.1) is 0 Å². The largest absolute Gasteiger partial charge is 0.296 e. The quantitative estimate of drug-likeness (QED) is 0.854. The molecule has 0 amide bonds. The Labute approximate surface area is 107 Å². The number of nitrogens with one attached hydrogen (secondary N) is 1. The van der Waals surface area contributed by atoms with Crippen LogP contribution in [-0.4, -0.2) is 34.1 Å². The Bertz CT molecular complexity index is 646. The Morgan fingerprint density at radius 2 is 1.72 bits per heavy atom. The zero-order valence-electron chi connectivity index (χ0n) is 10.4. The maximum atomic E-state index is 12.2. The molecular weight excluding hydrogens is 248 g/mol. The predicted molar refractivity (Wildman–Crippen MR) is 72.8 cm³/mol. The highest BCUT2D eigenvalue weighted by atomic mass is 32.2. The second-order valence-electron chi connectivity index (χ2n) is 4.36. The van der Waals surface area contributed by atoms with E-state index >= 15 is 0 Å². The van der Waals surface area contributed by atoms with E-state index in [1.165, 1.54) is 0 Å². The van der Waals surface area contributed by atoms with E-state index in [9.17, 15) is 8.42 Å². The van der Waals surface area contributed by atoms with Crippen LogP contribution in [0.2, 0.25) is 0 Å². The lowest BCUT2D eigenvalue weighted by molar-refractivity contribution is 0.399. The van der Waals surface area contributed by atoms with Gasteiger partial charge in [0.1, 0.15) is 0 Å². The first-order valence-corrected chi connectivity index (χ1v) is 7.11. The van der Waals surface area contributed by atoms with Crippen LogP contribution in [0.1, 0.15) is 0 Å². The molecule has 0 heterocycles. The summed E-state index contributed by atoms with van der Waals surface area (Å²) >= 11 is 0. The van der Waals surface area contributed by atoms with Crippen molar-refractivity contribution in [3.63, 3.8) is 0 Å². The summed E-state index contributed by atoms with van der Waals surface area (Å²) < 4.78 is 27.0. The van der Waals surface area contributed by atoms with Crippen LogP contribution >= 0.6 is 0 Å². The van der Waals surface area contributed by atoms with Crippen LogP contribution in [0.25, 0.3) is 10.8 Å². The normalized spacial score (nSPS) is 12.2. The fourth-order valence-corrected chi connectivity index (χ4v) is 3.04. The molecule has 0 aromatic heterocycles. The van der Waals surface area contributed by atoms with Gasteiger partial charge in [0.2, 0.25) is 10.0 Å². The van der Waals surface area contributed by atoms with Gasteiger partial charge in [0.15, 0.2) is 0 Å². The summed E-state index contributed by atoms with van der Waals surface area (Å²) in [5, 5.41) is 1.66. The second-order valence-corrected chi connectivity index (χ2v) is 6.10. The molecule has 0 aliphatic rings. The van der Waals surface area contributed by atoms with Gasteiger partial charge in [-0.2, -0.15) is 4.72 Å². The number of sulfonamides is 1. The summed E-state index contributed by atoms with van der Waals surface area (Å²) in [4.78, 5) is 2.09. The molecule has 0 atom stereocenters. The van der Waals surface area contributed by atoms with Crippen molar-refractivity contribution in [3.05, 3.63) is 42.5 Å². The van der Waals surface area contributed by atoms with Crippen LogP contribution in [0.3, 0.4) is 0 Å². The van der Waals surface area contributed by atoms with Crippen molar-refractivity contribution in [2.75, 3.05) is 20.8 Å². The van der Waals surface area contributed by atoms with E-state index in [0.717, 1.165) is 10.8 Å². The number of fused-ring (bicyclic) bond motifs is 1. The Hall–Kier alpha value is -1.43. The topological polar surface area (TPSA) is 49.4 Å². The Balaban J connectivity index is 2.47. The van der Waals surface area contributed by atoms with E-state index in [1.54, 1.807) is 17.0 Å². The van der Waals surface area contributed by atoms with E-state index in [1.807, 2.05) is 44.4 Å². The third kappa shape index (κ3) is 2.69. The zero-order valence-corrected chi connectivity index (χ0v) is 11.2. The Morgan fingerprint density at radius 1 is 1.06 bits per heavy atom. The first kappa shape index (κ1) is 13.0. The highest BCUT2D eigenvalue weighted by Gasteiger charge is 2.16. The number of rotatable bonds is 4. The third-order valence-electron chi connectivity index (χ3n) is 2.61. The van der Waals surface area contributed by atoms with Gasteiger partial charge in [-0.1, -0.05) is 36.4 Å². The summed E-state index contributed by atoms with van der Waals surface area (Å²) in [5.74, 6) is 0. The minimum atomic E-state index is -3.47. The van der Waals surface area contributed by atoms with Gasteiger partial charge in [0.05, 0.1) is 11.6 Å². The average molecular weight is 264 g/mol. The molecule has 0 unspecified atom stereocenters. The van der Waals surface area contributed by atoms with E-state index in [2.05, 4.69) is 4.72 Å². The number of hydrogen-bond donors (Lipinski definition) is 1. The summed E-state index contributed by atoms with van der Waals surface area (Å²) in [7, 11) is 0.149. The standard InChI is InChI=1S/C13H16N2O2S/c1-15(2)10-14-18(16,17)13-9-5-7-11-6-3-4-8-12(11)13/h3-9,14H,10H2,1-2H3. The molecule has 96 valence electrons. The van der Waals surface area contributed by atoms with Crippen molar-refractivity contribution in [1.29, 1.82) is 0 Å². The van der Waals surface area contributed by atoms with Gasteiger partial charge in [0, 0.05) is 5.39 Å². The number of nitrogens with zero attached hydrogens (tertiary/aromatic N) is 1. The molecule has 0 saturated carbocycles. The number of benzene rings is 2. The molecule has 1 N–H and O–H groups in total. The van der Waals surface area contributed by atoms with Crippen LogP contribution in [0.5, 0.6) is 0 Å². The van der Waals surface area contributed by atoms with Gasteiger partial charge in [-0.05, 0) is 25.5 Å². The summed E-state index contributed by atoms with van der Waals surface area (Å²) in [6.07, 6.45) is 0. The molecule has 0 aliphatic heterocycles. The van der Waals surface area contributed by atoms with Crippen LogP contribution < -0.4 is 4.72 Å². The van der Waals surface area contributed by atoms with Gasteiger partial charge >= 0.3 is 0 Å². The smallest absolute Gasteiger partial charge is 0.242 e. The minimum Gasteiger partial charge on any atom is -0.296 e. The highest BCUT2D eigenvalue weighted by molar-refractivity contribution is 7.89. The number of hydrogen-bond acceptors (Lipinski definition) is 3. The van der Waals surface area contributed by atoms with Gasteiger partial charge in [-0.3, -0.25) is 4.90 Å². The molecular formula is C13H16N2O2S. The lowest BCUT2D eigenvalue weighted by Gasteiger charge is -2.13. The summed E-state index contributed by atoms with van der Waals surface area (Å²) in [5.41, 5.74) is 0. The van der Waals surface area contributed by atoms with Gasteiger partial charge in [-0.15, -0.1) is 0 Å². The van der Waals surface area contributed by atoms with E-state index in [4.69, 9.17) is 0 Å². The van der Waals surface area contributed by atoms with Crippen LogP contribution in [0.4, 0.5) is 0 Å². The monoisotopic (exact) mass is 264 g/mol.